The van der Waals surface area contributed by atoms with Crippen LogP contribution < -0.4 is 23.2 Å². The summed E-state index contributed by atoms with van der Waals surface area (Å²) >= 11 is 0. The molecule has 0 saturated carbocycles. The Kier molecular flexibility index (Phi) is 16.9. The van der Waals surface area contributed by atoms with Crippen molar-refractivity contribution in [3.05, 3.63) is 129 Å². The van der Waals surface area contributed by atoms with Gasteiger partial charge in [0.15, 0.2) is 0 Å². The van der Waals surface area contributed by atoms with Gasteiger partial charge in [-0.05, 0) is 60.7 Å². The molecule has 0 spiro atoms. The molecule has 280 valence electrons. The molecule has 0 aliphatic heterocycles. The molecule has 21 heteroatoms. The van der Waals surface area contributed by atoms with Gasteiger partial charge in [-0.25, -0.2) is 14.8 Å². The largest absolute Gasteiger partial charge is 0.481 e. The van der Waals surface area contributed by atoms with Gasteiger partial charge < -0.3 is 42.5 Å². The Hall–Kier alpha value is -8.23. The topological polar surface area (TPSA) is 341 Å². The summed E-state index contributed by atoms with van der Waals surface area (Å²) in [6.45, 7) is 0. The third kappa shape index (κ3) is 13.6. The summed E-state index contributed by atoms with van der Waals surface area (Å²) in [6, 6.07) is 20.3. The van der Waals surface area contributed by atoms with Crippen molar-refractivity contribution in [3.63, 3.8) is 0 Å². The van der Waals surface area contributed by atoms with E-state index in [1.54, 1.807) is 94.4 Å². The van der Waals surface area contributed by atoms with E-state index in [0.717, 1.165) is 11.4 Å². The van der Waals surface area contributed by atoms with E-state index in [0.29, 0.717) is 11.4 Å². The normalized spacial score (nSPS) is 11.6. The van der Waals surface area contributed by atoms with Gasteiger partial charge in [0, 0.05) is 54.8 Å². The number of carboxylic acids is 2. The third-order valence-electron chi connectivity index (χ3n) is 6.43. The monoisotopic (exact) mass is 742 g/mol. The molecule has 54 heavy (non-hydrogen) atoms. The van der Waals surface area contributed by atoms with Crippen molar-refractivity contribution in [3.8, 4) is 11.4 Å². The number of allylic oxidation sites excluding steroid dienone is 2. The summed E-state index contributed by atoms with van der Waals surface area (Å²) < 4.78 is 3.42. The number of hydrogen-bond donors (Lipinski definition) is 6. The maximum Gasteiger partial charge on any atom is 0.372 e. The number of carbonyl (C=O) groups excluding carboxylic acids is 1. The zero-order valence-corrected chi connectivity index (χ0v) is 28.1. The zero-order valence-electron chi connectivity index (χ0n) is 28.1. The number of nitro benzene ring substituents is 2. The number of guanidine groups is 2. The number of nitrogens with zero attached hydrogens (tertiary/aromatic N) is 8. The number of carboxylic acid groups (broad SMARTS) is 2. The SMILES string of the molecule is NN=C(N)N=CC=Cc1cccn1-c1ccccc1[N+](=O)[O-].NN=C(N)N=CC=Cc1cccn1-c1ccccc1[N+](=O)[O-].O=C(O)CCC(=O)C(=O)O. The van der Waals surface area contributed by atoms with Gasteiger partial charge in [-0.3, -0.25) is 29.8 Å². The van der Waals surface area contributed by atoms with Gasteiger partial charge in [0.25, 0.3) is 11.4 Å². The molecule has 0 atom stereocenters. The minimum atomic E-state index is -1.58. The Morgan fingerprint density at radius 2 is 1.07 bits per heavy atom. The van der Waals surface area contributed by atoms with E-state index < -0.39 is 40.4 Å². The lowest BCUT2D eigenvalue weighted by atomic mass is 10.2. The molecule has 10 N–H and O–H groups in total. The molecule has 0 bridgehead atoms. The van der Waals surface area contributed by atoms with Crippen LogP contribution in [0.4, 0.5) is 11.4 Å². The molecule has 0 unspecified atom stereocenters. The van der Waals surface area contributed by atoms with Crippen LogP contribution in [0.2, 0.25) is 0 Å². The van der Waals surface area contributed by atoms with Crippen LogP contribution in [0.5, 0.6) is 0 Å². The molecule has 4 rings (SSSR count). The Balaban J connectivity index is 0.000000301. The molecule has 0 fully saturated rings. The van der Waals surface area contributed by atoms with Crippen LogP contribution in [0.15, 0.2) is 118 Å². The number of nitrogens with two attached hydrogens (primary N) is 4. The number of nitro groups is 2. The van der Waals surface area contributed by atoms with Gasteiger partial charge >= 0.3 is 11.9 Å². The average molecular weight is 743 g/mol. The summed E-state index contributed by atoms with van der Waals surface area (Å²) in [7, 11) is 0. The molecule has 0 amide bonds. The Morgan fingerprint density at radius 1 is 0.667 bits per heavy atom. The maximum atomic E-state index is 11.1. The summed E-state index contributed by atoms with van der Waals surface area (Å²) in [5.74, 6) is 6.00. The van der Waals surface area contributed by atoms with Gasteiger partial charge in [0.2, 0.25) is 17.7 Å². The molecular formula is C33H34N12O9. The summed E-state index contributed by atoms with van der Waals surface area (Å²) in [4.78, 5) is 58.7. The molecule has 2 aromatic carbocycles. The lowest BCUT2D eigenvalue weighted by Crippen LogP contribution is -2.13. The first-order chi connectivity index (χ1) is 25.8. The molecule has 0 aliphatic carbocycles. The van der Waals surface area contributed by atoms with Gasteiger partial charge in [0.05, 0.1) is 16.3 Å². The van der Waals surface area contributed by atoms with E-state index in [2.05, 4.69) is 20.2 Å². The van der Waals surface area contributed by atoms with Crippen molar-refractivity contribution < 1.29 is 34.4 Å². The predicted octanol–water partition coefficient (Wildman–Crippen LogP) is 2.82. The smallest absolute Gasteiger partial charge is 0.372 e. The van der Waals surface area contributed by atoms with E-state index in [1.807, 2.05) is 12.1 Å². The highest BCUT2D eigenvalue weighted by Crippen LogP contribution is 2.25. The van der Waals surface area contributed by atoms with Crippen molar-refractivity contribution >= 4 is 65.6 Å². The highest BCUT2D eigenvalue weighted by atomic mass is 16.6. The number of aliphatic imine (C=N–C) groups is 2. The van der Waals surface area contributed by atoms with Crippen molar-refractivity contribution in [1.82, 2.24) is 9.13 Å². The molecule has 0 saturated heterocycles. The number of hydrogen-bond acceptors (Lipinski definition) is 11. The second kappa shape index (κ2) is 21.8. The van der Waals surface area contributed by atoms with Gasteiger partial charge in [0.1, 0.15) is 11.4 Å². The van der Waals surface area contributed by atoms with Crippen LogP contribution in [0, 0.1) is 20.2 Å². The van der Waals surface area contributed by atoms with E-state index >= 15 is 0 Å². The van der Waals surface area contributed by atoms with Gasteiger partial charge in [-0.2, -0.15) is 0 Å². The van der Waals surface area contributed by atoms with Crippen LogP contribution in [-0.4, -0.2) is 71.3 Å². The molecule has 2 heterocycles. The van der Waals surface area contributed by atoms with Crippen molar-refractivity contribution in [2.75, 3.05) is 0 Å². The average Bonchev–Trinajstić information content (AvgIpc) is 3.84. The minimum Gasteiger partial charge on any atom is -0.481 e. The second-order valence-electron chi connectivity index (χ2n) is 9.97. The maximum absolute atomic E-state index is 11.1. The van der Waals surface area contributed by atoms with Gasteiger partial charge in [-0.15, -0.1) is 10.2 Å². The number of rotatable bonds is 12. The predicted molar refractivity (Wildman–Crippen MR) is 201 cm³/mol. The van der Waals surface area contributed by atoms with Crippen LogP contribution in [0.1, 0.15) is 24.2 Å². The highest BCUT2D eigenvalue weighted by Gasteiger charge is 2.16. The molecule has 0 radical (unpaired) electrons. The van der Waals surface area contributed by atoms with E-state index in [1.165, 1.54) is 24.6 Å². The van der Waals surface area contributed by atoms with E-state index in [-0.39, 0.29) is 23.3 Å². The number of benzene rings is 2. The quantitative estimate of drug-likeness (QED) is 0.0304. The van der Waals surface area contributed by atoms with Crippen molar-refractivity contribution in [2.45, 2.75) is 12.8 Å². The summed E-state index contributed by atoms with van der Waals surface area (Å²) in [6.07, 6.45) is 12.2. The fraction of sp³-hybridized carbons (Fsp3) is 0.0606. The van der Waals surface area contributed by atoms with E-state index in [9.17, 15) is 34.6 Å². The molecular weight excluding hydrogens is 708 g/mol. The van der Waals surface area contributed by atoms with Crippen LogP contribution in [-0.2, 0) is 14.4 Å². The number of ketones is 1. The summed E-state index contributed by atoms with van der Waals surface area (Å²) in [5, 5.41) is 44.6. The van der Waals surface area contributed by atoms with Crippen molar-refractivity contribution in [1.29, 1.82) is 0 Å². The lowest BCUT2D eigenvalue weighted by Gasteiger charge is -2.06. The second-order valence-corrected chi connectivity index (χ2v) is 9.97. The van der Waals surface area contributed by atoms with Gasteiger partial charge in [-0.1, -0.05) is 24.3 Å². The number of hydrazone groups is 2. The molecule has 0 aliphatic rings. The number of aromatic nitrogens is 2. The van der Waals surface area contributed by atoms with Crippen LogP contribution >= 0.6 is 0 Å². The minimum absolute atomic E-state index is 0.0292. The Labute approximate surface area is 305 Å². The molecule has 4 aromatic rings. The van der Waals surface area contributed by atoms with Crippen LogP contribution in [0.3, 0.4) is 0 Å². The number of carbonyl (C=O) groups is 3. The number of aliphatic carboxylic acids is 2. The lowest BCUT2D eigenvalue weighted by molar-refractivity contribution is -0.384. The Morgan fingerprint density at radius 3 is 1.43 bits per heavy atom. The molecule has 2 aromatic heterocycles. The van der Waals surface area contributed by atoms with Crippen LogP contribution in [0.25, 0.3) is 23.5 Å². The first-order valence-corrected chi connectivity index (χ1v) is 15.1. The molecule has 21 nitrogen and oxygen atoms in total. The Bertz CT molecular complexity index is 2000. The fourth-order valence-electron chi connectivity index (χ4n) is 4.06. The highest BCUT2D eigenvalue weighted by molar-refractivity contribution is 6.32. The zero-order chi connectivity index (χ0) is 40.0. The standard InChI is InChI=1S/2C14H14N6O2.C5H6O5/c2*15-14(18-16)17-9-3-5-11-6-4-10-19(11)12-7-1-2-8-13(12)20(21)22;6-3(5(9)10)1-2-4(7)8/h2*1-10H,16H2,(H2,15,18);1-2H2,(H,7,8)(H,9,10). The number of Topliss-reactive ketones (excluding diaryl/α,β-unsaturated/α-hetero) is 1. The number of para-hydroxylation sites is 4. The van der Waals surface area contributed by atoms with Crippen molar-refractivity contribution in [2.24, 2.45) is 43.3 Å². The summed E-state index contributed by atoms with van der Waals surface area (Å²) in [5.41, 5.74) is 13.2. The third-order valence-corrected chi connectivity index (χ3v) is 6.43. The van der Waals surface area contributed by atoms with E-state index in [4.69, 9.17) is 33.4 Å². The first-order valence-electron chi connectivity index (χ1n) is 15.1. The fourth-order valence-corrected chi connectivity index (χ4v) is 4.06. The first kappa shape index (κ1) is 41.9.